The van der Waals surface area contributed by atoms with Gasteiger partial charge in [-0.15, -0.1) is 76.7 Å². The van der Waals surface area contributed by atoms with E-state index in [9.17, 15) is 0 Å². The van der Waals surface area contributed by atoms with Crippen molar-refractivity contribution in [2.75, 3.05) is 0 Å². The van der Waals surface area contributed by atoms with Crippen LogP contribution in [-0.2, 0) is 0 Å². The van der Waals surface area contributed by atoms with Gasteiger partial charge in [0.15, 0.2) is 0 Å². The molecule has 0 heterocycles. The molecule has 0 atom stereocenters. The fourth-order valence-corrected chi connectivity index (χ4v) is 0. The Bertz CT molecular complexity index is 13.0. The quantitative estimate of drug-likeness (QED) is 0.515. The number of halogens is 3. The van der Waals surface area contributed by atoms with Crippen LogP contribution in [0, 0.1) is 0 Å². The molecule has 0 radical (unpaired) electrons. The highest BCUT2D eigenvalue weighted by atomic mass is 35.5. The van der Waals surface area contributed by atoms with Crippen LogP contribution in [0.15, 0.2) is 39.5 Å². The Morgan fingerprint density at radius 3 is 0.333 bits per heavy atom. The Hall–Kier alpha value is 0.0900. The molecular weight excluding hydrogens is 178 g/mol. The molecule has 0 unspecified atom stereocenters. The first kappa shape index (κ1) is 62.3. The van der Waals surface area contributed by atoms with Gasteiger partial charge in [-0.05, 0) is 0 Å². The zero-order valence-corrected chi connectivity index (χ0v) is 7.92. The van der Waals surface area contributed by atoms with Crippen molar-refractivity contribution < 1.29 is 0 Å². The van der Waals surface area contributed by atoms with Crippen LogP contribution in [0.25, 0.3) is 0 Å². The molecule has 0 saturated heterocycles. The Balaban J connectivity index is -0.00000000321. The lowest BCUT2D eigenvalue weighted by molar-refractivity contribution is 2.81. The van der Waals surface area contributed by atoms with E-state index in [1.165, 1.54) is 0 Å². The summed E-state index contributed by atoms with van der Waals surface area (Å²) < 4.78 is 0. The second-order valence-electron chi connectivity index (χ2n) is 0. The maximum Gasteiger partial charge on any atom is -0.106 e. The van der Waals surface area contributed by atoms with Gasteiger partial charge < -0.3 is 0 Å². The average molecular weight is 194 g/mol. The molecule has 0 aromatic carbocycles. The predicted molar refractivity (Wildman–Crippen MR) is 55.5 cm³/mol. The maximum atomic E-state index is 3.00. The molecule has 60 valence electrons. The molecule has 0 saturated carbocycles. The smallest absolute Gasteiger partial charge is 0.106 e. The van der Waals surface area contributed by atoms with Crippen LogP contribution >= 0.6 is 37.2 Å². The van der Waals surface area contributed by atoms with Gasteiger partial charge in [0.1, 0.15) is 0 Å². The summed E-state index contributed by atoms with van der Waals surface area (Å²) in [6, 6.07) is 0. The maximum absolute atomic E-state index is 3.00. The molecule has 0 aromatic rings. The molecule has 3 heteroatoms. The van der Waals surface area contributed by atoms with Crippen LogP contribution < -0.4 is 0 Å². The highest BCUT2D eigenvalue weighted by Crippen LogP contribution is 0.866. The van der Waals surface area contributed by atoms with Crippen molar-refractivity contribution in [2.45, 2.75) is 0 Å². The lowest BCUT2D eigenvalue weighted by atomic mass is 11.3. The highest BCUT2D eigenvalue weighted by molar-refractivity contribution is 5.86. The Morgan fingerprint density at radius 2 is 0.333 bits per heavy atom. The van der Waals surface area contributed by atoms with Crippen molar-refractivity contribution in [2.24, 2.45) is 0 Å². The fraction of sp³-hybridized carbons (Fsp3) is 0. The predicted octanol–water partition coefficient (Wildman–Crippen LogP) is 3.67. The van der Waals surface area contributed by atoms with Gasteiger partial charge in [-0.25, -0.2) is 0 Å². The first-order valence-corrected chi connectivity index (χ1v) is 1.50. The number of hydrogen-bond acceptors (Lipinski definition) is 0. The van der Waals surface area contributed by atoms with Crippen molar-refractivity contribution in [3.8, 4) is 0 Å². The molecule has 0 fully saturated rings. The van der Waals surface area contributed by atoms with Crippen molar-refractivity contribution in [3.63, 3.8) is 0 Å². The van der Waals surface area contributed by atoms with E-state index in [4.69, 9.17) is 0 Å². The molecular formula is C6H15Cl3. The molecule has 0 N–H and O–H groups in total. The summed E-state index contributed by atoms with van der Waals surface area (Å²) in [5.74, 6) is 0. The van der Waals surface area contributed by atoms with Crippen LogP contribution in [0.4, 0.5) is 0 Å². The van der Waals surface area contributed by atoms with Gasteiger partial charge in [0.05, 0.1) is 0 Å². The van der Waals surface area contributed by atoms with E-state index in [1.807, 2.05) is 0 Å². The minimum absolute atomic E-state index is 0. The Morgan fingerprint density at radius 1 is 0.333 bits per heavy atom. The minimum atomic E-state index is 0. The van der Waals surface area contributed by atoms with E-state index in [-0.39, 0.29) is 37.2 Å². The molecule has 9 heavy (non-hydrogen) atoms. The number of hydrogen-bond donors (Lipinski definition) is 0. The third-order valence-corrected chi connectivity index (χ3v) is 0. The SMILES string of the molecule is C=C.C=C.C=C.Cl.Cl.Cl. The molecule has 0 spiro atoms. The summed E-state index contributed by atoms with van der Waals surface area (Å²) in [4.78, 5) is 0. The van der Waals surface area contributed by atoms with Crippen LogP contribution in [0.5, 0.6) is 0 Å². The van der Waals surface area contributed by atoms with Gasteiger partial charge in [0, 0.05) is 0 Å². The standard InChI is InChI=1S/3C2H4.3ClH/c3*1-2;;;/h3*1-2H2;3*1H. The average Bonchev–Trinajstić information content (AvgIpc) is 1.81. The fourth-order valence-electron chi connectivity index (χ4n) is 0. The van der Waals surface area contributed by atoms with Crippen LogP contribution in [0.2, 0.25) is 0 Å². The third kappa shape index (κ3) is 37000. The minimum Gasteiger partial charge on any atom is -0.147 e. The zero-order chi connectivity index (χ0) is 6.00. The second kappa shape index (κ2) is 50200. The zero-order valence-electron chi connectivity index (χ0n) is 5.47. The summed E-state index contributed by atoms with van der Waals surface area (Å²) >= 11 is 0. The van der Waals surface area contributed by atoms with Crippen LogP contribution in [0.3, 0.4) is 0 Å². The highest BCUT2D eigenvalue weighted by Gasteiger charge is 0.605. The molecule has 0 rings (SSSR count). The van der Waals surface area contributed by atoms with Crippen molar-refractivity contribution in [3.05, 3.63) is 39.5 Å². The Labute approximate surface area is 77.0 Å². The summed E-state index contributed by atoms with van der Waals surface area (Å²) in [6.07, 6.45) is 0. The van der Waals surface area contributed by atoms with E-state index in [0.29, 0.717) is 0 Å². The largest absolute Gasteiger partial charge is 0.147 e. The van der Waals surface area contributed by atoms with E-state index in [0.717, 1.165) is 0 Å². The summed E-state index contributed by atoms with van der Waals surface area (Å²) in [7, 11) is 0. The molecule has 0 aromatic heterocycles. The second-order valence-corrected chi connectivity index (χ2v) is 0. The van der Waals surface area contributed by atoms with Gasteiger partial charge in [-0.2, -0.15) is 0 Å². The molecule has 0 nitrogen and oxygen atoms in total. The van der Waals surface area contributed by atoms with Gasteiger partial charge in [0.25, 0.3) is 0 Å². The van der Waals surface area contributed by atoms with Gasteiger partial charge in [-0.1, -0.05) is 0 Å². The van der Waals surface area contributed by atoms with Crippen molar-refractivity contribution >= 4 is 37.2 Å². The van der Waals surface area contributed by atoms with Crippen LogP contribution in [0.1, 0.15) is 0 Å². The van der Waals surface area contributed by atoms with Crippen LogP contribution in [-0.4, -0.2) is 0 Å². The first-order chi connectivity index (χ1) is 3.00. The molecule has 0 aliphatic rings. The Kier molecular flexibility index (Phi) is 348000. The van der Waals surface area contributed by atoms with Crippen molar-refractivity contribution in [1.82, 2.24) is 0 Å². The van der Waals surface area contributed by atoms with Gasteiger partial charge in [0.2, 0.25) is 0 Å². The topological polar surface area (TPSA) is 0 Å². The summed E-state index contributed by atoms with van der Waals surface area (Å²) in [5, 5.41) is 0. The number of rotatable bonds is 0. The summed E-state index contributed by atoms with van der Waals surface area (Å²) in [5.41, 5.74) is 0. The van der Waals surface area contributed by atoms with E-state index in [1.54, 1.807) is 0 Å². The third-order valence-electron chi connectivity index (χ3n) is 0. The monoisotopic (exact) mass is 192 g/mol. The lowest BCUT2D eigenvalue weighted by Gasteiger charge is -0.813. The summed E-state index contributed by atoms with van der Waals surface area (Å²) in [6.45, 7) is 18.0. The van der Waals surface area contributed by atoms with E-state index >= 15 is 0 Å². The lowest BCUT2D eigenvalue weighted by Crippen LogP contribution is -0.552. The van der Waals surface area contributed by atoms with E-state index in [2.05, 4.69) is 39.5 Å². The van der Waals surface area contributed by atoms with Crippen molar-refractivity contribution in [1.29, 1.82) is 0 Å². The normalized spacial score (nSPS) is 1.33. The molecule has 0 amide bonds. The first-order valence-electron chi connectivity index (χ1n) is 1.50. The van der Waals surface area contributed by atoms with Gasteiger partial charge >= 0.3 is 0 Å². The van der Waals surface area contributed by atoms with E-state index < -0.39 is 0 Å². The molecule has 0 aliphatic carbocycles. The molecule has 0 bridgehead atoms. The molecule has 0 aliphatic heterocycles. The van der Waals surface area contributed by atoms with Gasteiger partial charge in [-0.3, -0.25) is 0 Å².